The summed E-state index contributed by atoms with van der Waals surface area (Å²) in [5, 5.41) is 0. The summed E-state index contributed by atoms with van der Waals surface area (Å²) < 4.78 is 5.47. The Balaban J connectivity index is 2.56. The second-order valence-corrected chi connectivity index (χ2v) is 3.11. The summed E-state index contributed by atoms with van der Waals surface area (Å²) in [6.07, 6.45) is 9.49. The highest BCUT2D eigenvalue weighted by molar-refractivity contribution is 5.00. The molecule has 0 aromatic rings. The lowest BCUT2D eigenvalue weighted by Gasteiger charge is -2.33. The first-order chi connectivity index (χ1) is 5.33. The molecule has 1 aliphatic carbocycles. The van der Waals surface area contributed by atoms with Crippen molar-refractivity contribution in [3.8, 4) is 0 Å². The number of hydrogen-bond donors (Lipinski definition) is 0. The minimum Gasteiger partial charge on any atom is -0.491 e. The van der Waals surface area contributed by atoms with Gasteiger partial charge in [0, 0.05) is 0 Å². The van der Waals surface area contributed by atoms with Crippen molar-refractivity contribution in [3.63, 3.8) is 0 Å². The number of ether oxygens (including phenoxy) is 1. The molecule has 0 aliphatic heterocycles. The van der Waals surface area contributed by atoms with Gasteiger partial charge in [-0.05, 0) is 31.8 Å². The molecule has 0 radical (unpaired) electrons. The van der Waals surface area contributed by atoms with E-state index in [1.54, 1.807) is 0 Å². The molecule has 1 rings (SSSR count). The van der Waals surface area contributed by atoms with E-state index in [0.717, 1.165) is 12.8 Å². The number of hydrogen-bond acceptors (Lipinski definition) is 1. The molecule has 0 unspecified atom stereocenters. The predicted octanol–water partition coefficient (Wildman–Crippen LogP) is 3.04. The zero-order valence-electron chi connectivity index (χ0n) is 7.01. The van der Waals surface area contributed by atoms with Gasteiger partial charge in [0.05, 0.1) is 6.26 Å². The van der Waals surface area contributed by atoms with Crippen LogP contribution in [0.1, 0.15) is 32.1 Å². The van der Waals surface area contributed by atoms with E-state index in [2.05, 4.69) is 13.2 Å². The fourth-order valence-corrected chi connectivity index (χ4v) is 1.69. The summed E-state index contributed by atoms with van der Waals surface area (Å²) in [5.74, 6) is 0. The van der Waals surface area contributed by atoms with Crippen LogP contribution in [-0.4, -0.2) is 5.60 Å². The Hall–Kier alpha value is -0.720. The molecular weight excluding hydrogens is 136 g/mol. The quantitative estimate of drug-likeness (QED) is 0.446. The molecule has 1 saturated carbocycles. The Labute approximate surface area is 68.8 Å². The molecule has 0 atom stereocenters. The predicted molar refractivity (Wildman–Crippen MR) is 47.3 cm³/mol. The van der Waals surface area contributed by atoms with Crippen molar-refractivity contribution >= 4 is 0 Å². The molecule has 0 spiro atoms. The third-order valence-corrected chi connectivity index (χ3v) is 2.39. The standard InChI is InChI=1S/C10H16O/c1-3-10(11-4-2)8-6-5-7-9-10/h3-4H,1-2,5-9H2. The van der Waals surface area contributed by atoms with Gasteiger partial charge in [-0.3, -0.25) is 0 Å². The maximum Gasteiger partial charge on any atom is 0.126 e. The molecule has 11 heavy (non-hydrogen) atoms. The summed E-state index contributed by atoms with van der Waals surface area (Å²) in [7, 11) is 0. The maximum absolute atomic E-state index is 5.47. The van der Waals surface area contributed by atoms with Gasteiger partial charge in [0.1, 0.15) is 5.60 Å². The second kappa shape index (κ2) is 3.61. The highest BCUT2D eigenvalue weighted by Gasteiger charge is 2.29. The molecule has 0 bridgehead atoms. The molecule has 1 heteroatoms. The van der Waals surface area contributed by atoms with E-state index in [0.29, 0.717) is 0 Å². The first-order valence-electron chi connectivity index (χ1n) is 4.25. The molecule has 0 amide bonds. The lowest BCUT2D eigenvalue weighted by molar-refractivity contribution is 0.0337. The lowest BCUT2D eigenvalue weighted by atomic mass is 9.85. The van der Waals surface area contributed by atoms with Crippen molar-refractivity contribution in [1.82, 2.24) is 0 Å². The van der Waals surface area contributed by atoms with Crippen LogP contribution in [-0.2, 0) is 4.74 Å². The van der Waals surface area contributed by atoms with Crippen molar-refractivity contribution in [2.24, 2.45) is 0 Å². The van der Waals surface area contributed by atoms with Gasteiger partial charge in [-0.15, -0.1) is 0 Å². The molecule has 0 aromatic carbocycles. The van der Waals surface area contributed by atoms with E-state index in [1.165, 1.54) is 25.5 Å². The number of rotatable bonds is 3. The van der Waals surface area contributed by atoms with Crippen molar-refractivity contribution in [3.05, 3.63) is 25.5 Å². The average molecular weight is 152 g/mol. The second-order valence-electron chi connectivity index (χ2n) is 3.11. The van der Waals surface area contributed by atoms with E-state index in [4.69, 9.17) is 4.74 Å². The molecule has 1 aliphatic rings. The fourth-order valence-electron chi connectivity index (χ4n) is 1.69. The van der Waals surface area contributed by atoms with Crippen LogP contribution in [0.5, 0.6) is 0 Å². The van der Waals surface area contributed by atoms with Crippen LogP contribution in [0.15, 0.2) is 25.5 Å². The molecule has 1 fully saturated rings. The Kier molecular flexibility index (Phi) is 2.75. The summed E-state index contributed by atoms with van der Waals surface area (Å²) in [5.41, 5.74) is -0.0833. The van der Waals surface area contributed by atoms with Crippen molar-refractivity contribution < 1.29 is 4.74 Å². The average Bonchev–Trinajstić information content (AvgIpc) is 2.07. The normalized spacial score (nSPS) is 22.2. The van der Waals surface area contributed by atoms with Gasteiger partial charge in [-0.25, -0.2) is 0 Å². The Morgan fingerprint density at radius 2 is 1.73 bits per heavy atom. The van der Waals surface area contributed by atoms with Gasteiger partial charge >= 0.3 is 0 Å². The van der Waals surface area contributed by atoms with Gasteiger partial charge in [-0.1, -0.05) is 19.6 Å². The Morgan fingerprint density at radius 3 is 2.18 bits per heavy atom. The van der Waals surface area contributed by atoms with Crippen LogP contribution in [0.25, 0.3) is 0 Å². The van der Waals surface area contributed by atoms with Crippen LogP contribution >= 0.6 is 0 Å². The summed E-state index contributed by atoms with van der Waals surface area (Å²) in [6, 6.07) is 0. The zero-order chi connectivity index (χ0) is 8.16. The molecule has 0 aromatic heterocycles. The molecule has 0 N–H and O–H groups in total. The van der Waals surface area contributed by atoms with Gasteiger partial charge in [0.15, 0.2) is 0 Å². The Morgan fingerprint density at radius 1 is 1.09 bits per heavy atom. The third kappa shape index (κ3) is 1.86. The van der Waals surface area contributed by atoms with Crippen LogP contribution in [0.4, 0.5) is 0 Å². The SMILES string of the molecule is C=COC1(C=C)CCCCC1. The van der Waals surface area contributed by atoms with E-state index < -0.39 is 0 Å². The summed E-state index contributed by atoms with van der Waals surface area (Å²) in [6.45, 7) is 7.38. The first-order valence-corrected chi connectivity index (χ1v) is 4.25. The highest BCUT2D eigenvalue weighted by Crippen LogP contribution is 2.32. The smallest absolute Gasteiger partial charge is 0.126 e. The lowest BCUT2D eigenvalue weighted by Crippen LogP contribution is -2.30. The van der Waals surface area contributed by atoms with Crippen molar-refractivity contribution in [2.45, 2.75) is 37.7 Å². The summed E-state index contributed by atoms with van der Waals surface area (Å²) in [4.78, 5) is 0. The molecular formula is C10H16O. The van der Waals surface area contributed by atoms with E-state index in [1.807, 2.05) is 6.08 Å². The minimum atomic E-state index is -0.0833. The maximum atomic E-state index is 5.47. The van der Waals surface area contributed by atoms with E-state index >= 15 is 0 Å². The van der Waals surface area contributed by atoms with Gasteiger partial charge in [0.25, 0.3) is 0 Å². The Bertz CT molecular complexity index is 143. The van der Waals surface area contributed by atoms with Gasteiger partial charge in [-0.2, -0.15) is 0 Å². The van der Waals surface area contributed by atoms with Crippen LogP contribution < -0.4 is 0 Å². The van der Waals surface area contributed by atoms with E-state index in [-0.39, 0.29) is 5.60 Å². The van der Waals surface area contributed by atoms with E-state index in [9.17, 15) is 0 Å². The monoisotopic (exact) mass is 152 g/mol. The molecule has 62 valence electrons. The molecule has 1 nitrogen and oxygen atoms in total. The molecule has 0 saturated heterocycles. The van der Waals surface area contributed by atoms with Crippen LogP contribution in [0.2, 0.25) is 0 Å². The van der Waals surface area contributed by atoms with Gasteiger partial charge < -0.3 is 4.74 Å². The van der Waals surface area contributed by atoms with Crippen molar-refractivity contribution in [2.75, 3.05) is 0 Å². The highest BCUT2D eigenvalue weighted by atomic mass is 16.5. The molecule has 0 heterocycles. The minimum absolute atomic E-state index is 0.0833. The zero-order valence-corrected chi connectivity index (χ0v) is 7.01. The van der Waals surface area contributed by atoms with Crippen molar-refractivity contribution in [1.29, 1.82) is 0 Å². The fraction of sp³-hybridized carbons (Fsp3) is 0.600. The van der Waals surface area contributed by atoms with Gasteiger partial charge in [0.2, 0.25) is 0 Å². The largest absolute Gasteiger partial charge is 0.491 e. The third-order valence-electron chi connectivity index (χ3n) is 2.39. The first kappa shape index (κ1) is 8.38. The topological polar surface area (TPSA) is 9.23 Å². The van der Waals surface area contributed by atoms with Crippen LogP contribution in [0.3, 0.4) is 0 Å². The van der Waals surface area contributed by atoms with Crippen LogP contribution in [0, 0.1) is 0 Å². The summed E-state index contributed by atoms with van der Waals surface area (Å²) >= 11 is 0.